The predicted molar refractivity (Wildman–Crippen MR) is 86.8 cm³/mol. The summed E-state index contributed by atoms with van der Waals surface area (Å²) in [5.74, 6) is 0.180. The van der Waals surface area contributed by atoms with E-state index in [1.807, 2.05) is 0 Å². The molecule has 1 fully saturated rings. The fourth-order valence-corrected chi connectivity index (χ4v) is 4.57. The quantitative estimate of drug-likeness (QED) is 0.804. The molecule has 9 heteroatoms. The van der Waals surface area contributed by atoms with Crippen LogP contribution in [0.3, 0.4) is 0 Å². The number of ether oxygens (including phenoxy) is 1. The van der Waals surface area contributed by atoms with Gasteiger partial charge >= 0.3 is 0 Å². The average molecular weight is 357 g/mol. The van der Waals surface area contributed by atoms with Gasteiger partial charge in [-0.1, -0.05) is 6.07 Å². The molecule has 1 unspecified atom stereocenters. The summed E-state index contributed by atoms with van der Waals surface area (Å²) in [7, 11) is -3.66. The second-order valence-electron chi connectivity index (χ2n) is 5.59. The van der Waals surface area contributed by atoms with Crippen LogP contribution in [-0.4, -0.2) is 48.1 Å². The fourth-order valence-electron chi connectivity index (χ4n) is 2.75. The summed E-state index contributed by atoms with van der Waals surface area (Å²) in [5.41, 5.74) is 0.954. The van der Waals surface area contributed by atoms with E-state index in [0.29, 0.717) is 30.7 Å². The second kappa shape index (κ2) is 7.18. The van der Waals surface area contributed by atoms with Gasteiger partial charge in [-0.3, -0.25) is 0 Å². The highest BCUT2D eigenvalue weighted by molar-refractivity contribution is 7.89. The van der Waals surface area contributed by atoms with Crippen LogP contribution in [0.2, 0.25) is 0 Å². The molecule has 2 N–H and O–H groups in total. The van der Waals surface area contributed by atoms with Gasteiger partial charge in [-0.05, 0) is 37.3 Å². The number of sulfonamides is 1. The molecule has 1 aromatic heterocycles. The minimum atomic E-state index is -3.66. The number of benzene rings is 1. The number of nitrogens with zero attached hydrogens (tertiary/aromatic N) is 2. The molecular formula is C14H19N3O4S2. The van der Waals surface area contributed by atoms with Gasteiger partial charge in [0.15, 0.2) is 0 Å². The summed E-state index contributed by atoms with van der Waals surface area (Å²) >= 11 is 0.987. The number of nitrogens with one attached hydrogen (secondary N) is 1. The molecule has 126 valence electrons. The third-order valence-electron chi connectivity index (χ3n) is 4.08. The first-order valence-corrected chi connectivity index (χ1v) is 9.76. The molecule has 1 aliphatic rings. The zero-order valence-corrected chi connectivity index (χ0v) is 14.1. The van der Waals surface area contributed by atoms with Gasteiger partial charge in [-0.25, -0.2) is 13.1 Å². The van der Waals surface area contributed by atoms with E-state index in [1.165, 1.54) is 6.07 Å². The van der Waals surface area contributed by atoms with Gasteiger partial charge in [0.1, 0.15) is 15.9 Å². The molecule has 1 saturated heterocycles. The van der Waals surface area contributed by atoms with Crippen LogP contribution in [0.5, 0.6) is 0 Å². The van der Waals surface area contributed by atoms with E-state index in [-0.39, 0.29) is 17.4 Å². The molecule has 1 aliphatic heterocycles. The third kappa shape index (κ3) is 3.86. The lowest BCUT2D eigenvalue weighted by atomic mass is 9.92. The van der Waals surface area contributed by atoms with E-state index in [9.17, 15) is 13.5 Å². The Kier molecular flexibility index (Phi) is 5.22. The van der Waals surface area contributed by atoms with Crippen molar-refractivity contribution in [1.82, 2.24) is 13.5 Å². The maximum Gasteiger partial charge on any atom is 0.242 e. The molecule has 0 spiro atoms. The summed E-state index contributed by atoms with van der Waals surface area (Å²) < 4.78 is 40.8. The summed E-state index contributed by atoms with van der Waals surface area (Å²) in [6.45, 7) is 1.51. The molecule has 2 heterocycles. The number of rotatable bonds is 6. The van der Waals surface area contributed by atoms with Crippen molar-refractivity contribution in [2.45, 2.75) is 30.3 Å². The lowest BCUT2D eigenvalue weighted by Crippen LogP contribution is -2.32. The molecule has 23 heavy (non-hydrogen) atoms. The Morgan fingerprint density at radius 1 is 1.35 bits per heavy atom. The second-order valence-corrected chi connectivity index (χ2v) is 7.86. The van der Waals surface area contributed by atoms with Crippen LogP contribution >= 0.6 is 11.7 Å². The molecule has 1 atom stereocenters. The maximum atomic E-state index is 12.4. The van der Waals surface area contributed by atoms with E-state index >= 15 is 0 Å². The standard InChI is InChI=1S/C14H19N3O4S2/c18-12(10-5-8-21-9-6-10)4-7-15-23(19,20)13-3-1-2-11-14(13)17-22-16-11/h1-3,10,12,15,18H,4-9H2. The first-order chi connectivity index (χ1) is 11.1. The Bertz CT molecular complexity index is 756. The summed E-state index contributed by atoms with van der Waals surface area (Å²) in [4.78, 5) is 0.129. The minimum Gasteiger partial charge on any atom is -0.393 e. The topological polar surface area (TPSA) is 101 Å². The zero-order chi connectivity index (χ0) is 16.3. The fraction of sp³-hybridized carbons (Fsp3) is 0.571. The molecule has 0 saturated carbocycles. The SMILES string of the molecule is O=S(=O)(NCCC(O)C1CCOCC1)c1cccc2nsnc12. The first-order valence-electron chi connectivity index (χ1n) is 7.55. The smallest absolute Gasteiger partial charge is 0.242 e. The van der Waals surface area contributed by atoms with Crippen molar-refractivity contribution in [2.75, 3.05) is 19.8 Å². The molecule has 0 amide bonds. The number of fused-ring (bicyclic) bond motifs is 1. The van der Waals surface area contributed by atoms with E-state index in [1.54, 1.807) is 12.1 Å². The maximum absolute atomic E-state index is 12.4. The third-order valence-corrected chi connectivity index (χ3v) is 6.12. The normalized spacial score (nSPS) is 18.3. The highest BCUT2D eigenvalue weighted by atomic mass is 32.2. The van der Waals surface area contributed by atoms with Crippen molar-refractivity contribution in [3.05, 3.63) is 18.2 Å². The lowest BCUT2D eigenvalue weighted by molar-refractivity contribution is 0.00567. The Labute approximate surface area is 139 Å². The summed E-state index contributed by atoms with van der Waals surface area (Å²) in [5, 5.41) is 10.2. The molecule has 0 bridgehead atoms. The van der Waals surface area contributed by atoms with E-state index in [0.717, 1.165) is 24.6 Å². The van der Waals surface area contributed by atoms with Crippen molar-refractivity contribution in [3.8, 4) is 0 Å². The van der Waals surface area contributed by atoms with Gasteiger partial charge in [-0.15, -0.1) is 0 Å². The van der Waals surface area contributed by atoms with Crippen LogP contribution in [-0.2, 0) is 14.8 Å². The molecule has 0 aliphatic carbocycles. The van der Waals surface area contributed by atoms with Crippen molar-refractivity contribution in [3.63, 3.8) is 0 Å². The van der Waals surface area contributed by atoms with Gasteiger partial charge < -0.3 is 9.84 Å². The van der Waals surface area contributed by atoms with Gasteiger partial charge in [-0.2, -0.15) is 8.75 Å². The van der Waals surface area contributed by atoms with Crippen LogP contribution in [0.25, 0.3) is 11.0 Å². The van der Waals surface area contributed by atoms with E-state index < -0.39 is 16.1 Å². The Hall–Kier alpha value is -1.13. The molecular weight excluding hydrogens is 338 g/mol. The van der Waals surface area contributed by atoms with E-state index in [4.69, 9.17) is 4.74 Å². The largest absolute Gasteiger partial charge is 0.393 e. The Morgan fingerprint density at radius 2 is 2.13 bits per heavy atom. The van der Waals surface area contributed by atoms with Gasteiger partial charge in [0, 0.05) is 19.8 Å². The number of aliphatic hydroxyl groups is 1. The predicted octanol–water partition coefficient (Wildman–Crippen LogP) is 1.15. The number of hydrogen-bond donors (Lipinski definition) is 2. The summed E-state index contributed by atoms with van der Waals surface area (Å²) in [6, 6.07) is 4.89. The van der Waals surface area contributed by atoms with E-state index in [2.05, 4.69) is 13.5 Å². The van der Waals surface area contributed by atoms with Crippen LogP contribution in [0.1, 0.15) is 19.3 Å². The van der Waals surface area contributed by atoms with Crippen molar-refractivity contribution in [2.24, 2.45) is 5.92 Å². The molecule has 2 aromatic rings. The van der Waals surface area contributed by atoms with Gasteiger partial charge in [0.25, 0.3) is 0 Å². The van der Waals surface area contributed by atoms with Crippen LogP contribution in [0.4, 0.5) is 0 Å². The Morgan fingerprint density at radius 3 is 2.91 bits per heavy atom. The lowest BCUT2D eigenvalue weighted by Gasteiger charge is -2.26. The minimum absolute atomic E-state index is 0.129. The highest BCUT2D eigenvalue weighted by Gasteiger charge is 2.23. The average Bonchev–Trinajstić information content (AvgIpc) is 3.03. The van der Waals surface area contributed by atoms with Crippen molar-refractivity contribution in [1.29, 1.82) is 0 Å². The zero-order valence-electron chi connectivity index (χ0n) is 12.5. The highest BCUT2D eigenvalue weighted by Crippen LogP contribution is 2.22. The molecule has 0 radical (unpaired) electrons. The summed E-state index contributed by atoms with van der Waals surface area (Å²) in [6.07, 6.45) is 1.50. The number of aliphatic hydroxyl groups excluding tert-OH is 1. The number of hydrogen-bond acceptors (Lipinski definition) is 7. The molecule has 1 aromatic carbocycles. The van der Waals surface area contributed by atoms with Crippen LogP contribution in [0, 0.1) is 5.92 Å². The monoisotopic (exact) mass is 357 g/mol. The van der Waals surface area contributed by atoms with Gasteiger partial charge in [0.05, 0.1) is 17.8 Å². The molecule has 7 nitrogen and oxygen atoms in total. The van der Waals surface area contributed by atoms with Gasteiger partial charge in [0.2, 0.25) is 10.0 Å². The first kappa shape index (κ1) is 16.7. The Balaban J connectivity index is 1.62. The van der Waals surface area contributed by atoms with Crippen molar-refractivity contribution < 1.29 is 18.3 Å². The van der Waals surface area contributed by atoms with Crippen LogP contribution in [0.15, 0.2) is 23.1 Å². The number of aromatic nitrogens is 2. The molecule has 3 rings (SSSR count). The van der Waals surface area contributed by atoms with Crippen LogP contribution < -0.4 is 4.72 Å². The van der Waals surface area contributed by atoms with Crippen molar-refractivity contribution >= 4 is 32.8 Å².